The van der Waals surface area contributed by atoms with Crippen molar-refractivity contribution < 1.29 is 36.2 Å². The summed E-state index contributed by atoms with van der Waals surface area (Å²) in [5.41, 5.74) is -0.406. The molecular formula is C24H23ClN6O8S2. The first kappa shape index (κ1) is 29.7. The molecule has 0 spiro atoms. The lowest BCUT2D eigenvalue weighted by Crippen LogP contribution is -2.31. The zero-order valence-corrected chi connectivity index (χ0v) is 24.1. The molecule has 0 aliphatic rings. The van der Waals surface area contributed by atoms with E-state index in [4.69, 9.17) is 16.2 Å². The molecule has 0 unspecified atom stereocenters. The maximum atomic E-state index is 13.1. The Balaban J connectivity index is 1.60. The third-order valence-electron chi connectivity index (χ3n) is 5.81. The quantitative estimate of drug-likeness (QED) is 0.235. The smallest absolute Gasteiger partial charge is 0.339 e. The number of benzene rings is 3. The van der Waals surface area contributed by atoms with Crippen molar-refractivity contribution in [3.63, 3.8) is 0 Å². The van der Waals surface area contributed by atoms with Gasteiger partial charge in [-0.15, -0.1) is 0 Å². The summed E-state index contributed by atoms with van der Waals surface area (Å²) in [5.74, 6) is -2.29. The van der Waals surface area contributed by atoms with Gasteiger partial charge in [-0.25, -0.2) is 30.6 Å². The number of nitrogens with one attached hydrogen (secondary N) is 2. The summed E-state index contributed by atoms with van der Waals surface area (Å²) in [7, 11) is -4.02. The van der Waals surface area contributed by atoms with Crippen molar-refractivity contribution in [3.05, 3.63) is 65.2 Å². The van der Waals surface area contributed by atoms with E-state index in [1.54, 1.807) is 0 Å². The molecule has 41 heavy (non-hydrogen) atoms. The Bertz CT molecular complexity index is 1860. The van der Waals surface area contributed by atoms with E-state index >= 15 is 0 Å². The Morgan fingerprint density at radius 1 is 0.927 bits per heavy atom. The SMILES string of the molecule is CN(CC(=O)Nc1cccc(S(=O)(=O)Nc2ccc(Cl)cc2)c1C(=O)O)c1ccc(S(=O)(=O)N(C)C)c2nonc12. The van der Waals surface area contributed by atoms with Crippen molar-refractivity contribution in [1.82, 2.24) is 14.6 Å². The molecule has 1 aromatic heterocycles. The van der Waals surface area contributed by atoms with E-state index in [0.717, 1.165) is 10.4 Å². The fourth-order valence-corrected chi connectivity index (χ4v) is 6.26. The van der Waals surface area contributed by atoms with E-state index in [1.165, 1.54) is 74.6 Å². The predicted octanol–water partition coefficient (Wildman–Crippen LogP) is 2.70. The second kappa shape index (κ2) is 11.3. The second-order valence-corrected chi connectivity index (χ2v) is 13.0. The van der Waals surface area contributed by atoms with Crippen LogP contribution in [0.3, 0.4) is 0 Å². The van der Waals surface area contributed by atoms with Crippen LogP contribution in [-0.4, -0.2) is 76.1 Å². The number of amides is 1. The van der Waals surface area contributed by atoms with Gasteiger partial charge in [-0.3, -0.25) is 9.52 Å². The molecule has 216 valence electrons. The lowest BCUT2D eigenvalue weighted by Gasteiger charge is -2.20. The highest BCUT2D eigenvalue weighted by molar-refractivity contribution is 7.92. The molecule has 3 N–H and O–H groups in total. The van der Waals surface area contributed by atoms with Crippen molar-refractivity contribution in [1.29, 1.82) is 0 Å². The van der Waals surface area contributed by atoms with Crippen molar-refractivity contribution in [2.75, 3.05) is 42.6 Å². The van der Waals surface area contributed by atoms with E-state index in [2.05, 4.69) is 20.4 Å². The van der Waals surface area contributed by atoms with Gasteiger partial charge in [-0.1, -0.05) is 17.7 Å². The minimum atomic E-state index is -4.38. The summed E-state index contributed by atoms with van der Waals surface area (Å²) < 4.78 is 59.5. The van der Waals surface area contributed by atoms with Crippen LogP contribution in [0.5, 0.6) is 0 Å². The van der Waals surface area contributed by atoms with Gasteiger partial charge in [0, 0.05) is 31.9 Å². The van der Waals surface area contributed by atoms with Gasteiger partial charge in [0.1, 0.15) is 15.4 Å². The number of aromatic nitrogens is 2. The van der Waals surface area contributed by atoms with Gasteiger partial charge >= 0.3 is 5.97 Å². The summed E-state index contributed by atoms with van der Waals surface area (Å²) in [6.45, 7) is -0.360. The molecule has 17 heteroatoms. The maximum Gasteiger partial charge on any atom is 0.339 e. The van der Waals surface area contributed by atoms with Crippen LogP contribution >= 0.6 is 11.6 Å². The summed E-state index contributed by atoms with van der Waals surface area (Å²) in [5, 5.41) is 20.2. The molecule has 0 saturated heterocycles. The van der Waals surface area contributed by atoms with Gasteiger partial charge in [0.2, 0.25) is 15.9 Å². The average Bonchev–Trinajstić information content (AvgIpc) is 3.38. The molecule has 1 amide bonds. The number of carbonyl (C=O) groups is 2. The molecule has 0 fully saturated rings. The fraction of sp³-hybridized carbons (Fsp3) is 0.167. The zero-order chi connectivity index (χ0) is 30.1. The Labute approximate surface area is 239 Å². The third kappa shape index (κ3) is 6.09. The molecule has 0 aliphatic carbocycles. The van der Waals surface area contributed by atoms with Crippen LogP contribution < -0.4 is 14.9 Å². The van der Waals surface area contributed by atoms with Crippen LogP contribution in [-0.2, 0) is 24.8 Å². The van der Waals surface area contributed by atoms with Crippen LogP contribution in [0.1, 0.15) is 10.4 Å². The highest BCUT2D eigenvalue weighted by Gasteiger charge is 2.28. The molecule has 0 radical (unpaired) electrons. The van der Waals surface area contributed by atoms with Crippen molar-refractivity contribution in [2.45, 2.75) is 9.79 Å². The molecule has 0 atom stereocenters. The summed E-state index contributed by atoms with van der Waals surface area (Å²) >= 11 is 5.83. The number of likely N-dealkylation sites (N-methyl/N-ethyl adjacent to an activating group) is 1. The number of aromatic carboxylic acids is 1. The van der Waals surface area contributed by atoms with E-state index in [-0.39, 0.29) is 33.8 Å². The van der Waals surface area contributed by atoms with E-state index in [9.17, 15) is 31.5 Å². The number of fused-ring (bicyclic) bond motifs is 1. The maximum absolute atomic E-state index is 13.1. The van der Waals surface area contributed by atoms with Crippen molar-refractivity contribution in [2.24, 2.45) is 0 Å². The van der Waals surface area contributed by atoms with Gasteiger partial charge < -0.3 is 15.3 Å². The van der Waals surface area contributed by atoms with Gasteiger partial charge in [0.05, 0.1) is 17.9 Å². The zero-order valence-electron chi connectivity index (χ0n) is 21.7. The Morgan fingerprint density at radius 2 is 1.59 bits per heavy atom. The molecule has 14 nitrogen and oxygen atoms in total. The number of halogens is 1. The summed E-state index contributed by atoms with van der Waals surface area (Å²) in [6.07, 6.45) is 0. The normalized spacial score (nSPS) is 11.9. The topological polar surface area (TPSA) is 192 Å². The monoisotopic (exact) mass is 622 g/mol. The lowest BCUT2D eigenvalue weighted by molar-refractivity contribution is -0.114. The molecular weight excluding hydrogens is 600 g/mol. The van der Waals surface area contributed by atoms with Crippen molar-refractivity contribution >= 4 is 71.6 Å². The minimum Gasteiger partial charge on any atom is -0.478 e. The molecule has 4 rings (SSSR count). The fourth-order valence-electron chi connectivity index (χ4n) is 3.84. The van der Waals surface area contributed by atoms with Crippen LogP contribution in [0, 0.1) is 0 Å². The Kier molecular flexibility index (Phi) is 8.21. The molecule has 3 aromatic carbocycles. The van der Waals surface area contributed by atoms with Gasteiger partial charge in [-0.05, 0) is 58.8 Å². The first-order chi connectivity index (χ1) is 19.2. The van der Waals surface area contributed by atoms with Gasteiger partial charge in [0.15, 0.2) is 11.0 Å². The van der Waals surface area contributed by atoms with Gasteiger partial charge in [0.25, 0.3) is 10.0 Å². The number of hydrogen-bond donors (Lipinski definition) is 3. The molecule has 0 bridgehead atoms. The molecule has 0 saturated carbocycles. The average molecular weight is 623 g/mol. The standard InChI is InChI=1S/C24H23ClN6O8S2/c1-30(2)41(37,38)19-12-11-17(22-23(19)28-39-27-22)31(3)13-20(32)26-16-5-4-6-18(21(16)24(33)34)40(35,36)29-15-9-7-14(25)8-10-15/h4-12,29H,13H2,1-3H3,(H,26,32)(H,33,34). The number of nitrogens with zero attached hydrogens (tertiary/aromatic N) is 4. The van der Waals surface area contributed by atoms with Gasteiger partial charge in [-0.2, -0.15) is 0 Å². The molecule has 1 heterocycles. The van der Waals surface area contributed by atoms with Crippen LogP contribution in [0.15, 0.2) is 69.0 Å². The largest absolute Gasteiger partial charge is 0.478 e. The van der Waals surface area contributed by atoms with Crippen LogP contribution in [0.4, 0.5) is 17.1 Å². The van der Waals surface area contributed by atoms with E-state index in [0.29, 0.717) is 10.7 Å². The number of sulfonamides is 2. The summed E-state index contributed by atoms with van der Waals surface area (Å²) in [4.78, 5) is 25.8. The van der Waals surface area contributed by atoms with Crippen LogP contribution in [0.25, 0.3) is 11.0 Å². The number of carboxylic acids is 1. The van der Waals surface area contributed by atoms with Crippen molar-refractivity contribution in [3.8, 4) is 0 Å². The first-order valence-electron chi connectivity index (χ1n) is 11.6. The highest BCUT2D eigenvalue weighted by Crippen LogP contribution is 2.31. The second-order valence-electron chi connectivity index (χ2n) is 8.83. The Hall–Kier alpha value is -4.25. The van der Waals surface area contributed by atoms with E-state index < -0.39 is 42.4 Å². The number of carbonyl (C=O) groups excluding carboxylic acids is 1. The molecule has 4 aromatic rings. The Morgan fingerprint density at radius 3 is 2.22 bits per heavy atom. The highest BCUT2D eigenvalue weighted by atomic mass is 35.5. The minimum absolute atomic E-state index is 0.0392. The number of rotatable bonds is 10. The van der Waals surface area contributed by atoms with E-state index in [1.807, 2.05) is 0 Å². The third-order valence-corrected chi connectivity index (χ3v) is 9.33. The first-order valence-corrected chi connectivity index (χ1v) is 14.9. The number of carboxylic acid groups (broad SMARTS) is 1. The molecule has 0 aliphatic heterocycles. The number of hydrogen-bond acceptors (Lipinski definition) is 10. The predicted molar refractivity (Wildman–Crippen MR) is 150 cm³/mol. The number of anilines is 3. The van der Waals surface area contributed by atoms with Crippen LogP contribution in [0.2, 0.25) is 5.02 Å². The summed E-state index contributed by atoms with van der Waals surface area (Å²) in [6, 6.07) is 12.1. The lowest BCUT2D eigenvalue weighted by atomic mass is 10.1.